The topological polar surface area (TPSA) is 26.5 Å². The molecule has 0 atom stereocenters. The van der Waals surface area contributed by atoms with Crippen molar-refractivity contribution in [3.8, 4) is 17.0 Å². The molecule has 29 heavy (non-hydrogen) atoms. The fourth-order valence-corrected chi connectivity index (χ4v) is 4.10. The van der Waals surface area contributed by atoms with Gasteiger partial charge in [0.25, 0.3) is 0 Å². The third-order valence-corrected chi connectivity index (χ3v) is 5.77. The van der Waals surface area contributed by atoms with E-state index < -0.39 is 0 Å². The van der Waals surface area contributed by atoms with E-state index in [9.17, 15) is 0 Å². The maximum Gasteiger partial charge on any atom is 0.190 e. The van der Waals surface area contributed by atoms with Crippen LogP contribution in [-0.2, 0) is 6.54 Å². The summed E-state index contributed by atoms with van der Waals surface area (Å²) in [6, 6.07) is 25.2. The smallest absolute Gasteiger partial charge is 0.190 e. The molecule has 0 saturated heterocycles. The van der Waals surface area contributed by atoms with Gasteiger partial charge in [-0.05, 0) is 49.2 Å². The van der Waals surface area contributed by atoms with Gasteiger partial charge in [-0.1, -0.05) is 59.7 Å². The van der Waals surface area contributed by atoms with Gasteiger partial charge < -0.3 is 9.30 Å². The lowest BCUT2D eigenvalue weighted by Gasteiger charge is -2.10. The van der Waals surface area contributed by atoms with Crippen LogP contribution in [-0.4, -0.2) is 11.7 Å². The molecular formula is C25H24N2OS. The molecule has 0 N–H and O–H groups in total. The van der Waals surface area contributed by atoms with Crippen LogP contribution in [0.25, 0.3) is 11.3 Å². The minimum absolute atomic E-state index is 0.780. The number of aryl methyl sites for hydroxylation is 2. The van der Waals surface area contributed by atoms with Gasteiger partial charge >= 0.3 is 0 Å². The number of rotatable bonds is 5. The molecule has 1 aromatic heterocycles. The predicted octanol–water partition coefficient (Wildman–Crippen LogP) is 6.12. The molecule has 1 heterocycles. The van der Waals surface area contributed by atoms with Crippen LogP contribution in [0.1, 0.15) is 16.7 Å². The van der Waals surface area contributed by atoms with E-state index in [0.717, 1.165) is 22.8 Å². The Morgan fingerprint density at radius 2 is 1.45 bits per heavy atom. The molecule has 0 aliphatic carbocycles. The average Bonchev–Trinajstić information content (AvgIpc) is 3.13. The second-order valence-electron chi connectivity index (χ2n) is 7.15. The molecule has 4 aromatic rings. The van der Waals surface area contributed by atoms with Crippen molar-refractivity contribution in [1.29, 1.82) is 0 Å². The summed E-state index contributed by atoms with van der Waals surface area (Å²) in [5.41, 5.74) is 7.10. The van der Waals surface area contributed by atoms with Gasteiger partial charge in [0.1, 0.15) is 5.75 Å². The number of thiazole rings is 1. The van der Waals surface area contributed by atoms with Gasteiger partial charge in [-0.15, -0.1) is 11.3 Å². The Bertz CT molecular complexity index is 1150. The normalized spacial score (nSPS) is 11.6. The fraction of sp³-hybridized carbons (Fsp3) is 0.160. The van der Waals surface area contributed by atoms with Crippen LogP contribution in [0.4, 0.5) is 5.69 Å². The number of methoxy groups -OCH3 is 1. The second-order valence-corrected chi connectivity index (χ2v) is 7.99. The summed E-state index contributed by atoms with van der Waals surface area (Å²) in [5, 5.41) is 2.20. The molecule has 0 aliphatic heterocycles. The first-order valence-electron chi connectivity index (χ1n) is 9.62. The Morgan fingerprint density at radius 1 is 0.828 bits per heavy atom. The van der Waals surface area contributed by atoms with Crippen molar-refractivity contribution in [2.24, 2.45) is 4.99 Å². The van der Waals surface area contributed by atoms with E-state index in [1.165, 1.54) is 27.9 Å². The van der Waals surface area contributed by atoms with Gasteiger partial charge in [0.15, 0.2) is 4.80 Å². The van der Waals surface area contributed by atoms with Crippen molar-refractivity contribution < 1.29 is 4.74 Å². The number of hydrogen-bond donors (Lipinski definition) is 0. The summed E-state index contributed by atoms with van der Waals surface area (Å²) in [6.45, 7) is 5.01. The maximum atomic E-state index is 5.26. The van der Waals surface area contributed by atoms with Crippen LogP contribution in [0.3, 0.4) is 0 Å². The molecule has 0 bridgehead atoms. The number of aromatic nitrogens is 1. The van der Waals surface area contributed by atoms with Crippen LogP contribution in [0, 0.1) is 13.8 Å². The Balaban J connectivity index is 1.80. The summed E-state index contributed by atoms with van der Waals surface area (Å²) in [4.78, 5) is 5.90. The predicted molar refractivity (Wildman–Crippen MR) is 121 cm³/mol. The quantitative estimate of drug-likeness (QED) is 0.396. The van der Waals surface area contributed by atoms with Crippen molar-refractivity contribution in [3.05, 3.63) is 99.7 Å². The van der Waals surface area contributed by atoms with E-state index in [1.807, 2.05) is 24.3 Å². The minimum atomic E-state index is 0.780. The Labute approximate surface area is 175 Å². The van der Waals surface area contributed by atoms with Gasteiger partial charge in [0.2, 0.25) is 0 Å². The molecule has 3 aromatic carbocycles. The van der Waals surface area contributed by atoms with Gasteiger partial charge in [0, 0.05) is 5.38 Å². The van der Waals surface area contributed by atoms with E-state index in [1.54, 1.807) is 18.4 Å². The van der Waals surface area contributed by atoms with Crippen LogP contribution >= 0.6 is 11.3 Å². The van der Waals surface area contributed by atoms with Crippen LogP contribution < -0.4 is 9.54 Å². The lowest BCUT2D eigenvalue weighted by atomic mass is 10.1. The third-order valence-electron chi connectivity index (χ3n) is 4.90. The average molecular weight is 401 g/mol. The second kappa shape index (κ2) is 8.50. The molecule has 0 aliphatic rings. The van der Waals surface area contributed by atoms with Crippen LogP contribution in [0.2, 0.25) is 0 Å². The van der Waals surface area contributed by atoms with Crippen molar-refractivity contribution >= 4 is 17.0 Å². The van der Waals surface area contributed by atoms with E-state index in [-0.39, 0.29) is 0 Å². The standard InChI is InChI=1S/C25H24N2OS/c1-18-4-8-20(9-5-18)16-27-24(21-10-6-19(2)7-11-21)17-29-25(27)26-22-12-14-23(28-3)15-13-22/h4-15,17H,16H2,1-3H3. The monoisotopic (exact) mass is 400 g/mol. The zero-order valence-corrected chi connectivity index (χ0v) is 17.7. The summed E-state index contributed by atoms with van der Waals surface area (Å²) in [7, 11) is 1.68. The van der Waals surface area contributed by atoms with E-state index >= 15 is 0 Å². The zero-order chi connectivity index (χ0) is 20.2. The maximum absolute atomic E-state index is 5.26. The fourth-order valence-electron chi connectivity index (χ4n) is 3.17. The van der Waals surface area contributed by atoms with Crippen molar-refractivity contribution in [2.45, 2.75) is 20.4 Å². The highest BCUT2D eigenvalue weighted by Crippen LogP contribution is 2.23. The summed E-state index contributed by atoms with van der Waals surface area (Å²) in [6.07, 6.45) is 0. The zero-order valence-electron chi connectivity index (χ0n) is 16.9. The molecule has 4 heteroatoms. The SMILES string of the molecule is COc1ccc(N=c2scc(-c3ccc(C)cc3)n2Cc2ccc(C)cc2)cc1. The number of benzene rings is 3. The molecule has 0 saturated carbocycles. The van der Waals surface area contributed by atoms with Crippen molar-refractivity contribution in [1.82, 2.24) is 4.57 Å². The Kier molecular flexibility index (Phi) is 5.63. The van der Waals surface area contributed by atoms with Gasteiger partial charge in [-0.3, -0.25) is 0 Å². The molecule has 146 valence electrons. The van der Waals surface area contributed by atoms with Crippen molar-refractivity contribution in [2.75, 3.05) is 7.11 Å². The molecule has 0 radical (unpaired) electrons. The first-order chi connectivity index (χ1) is 14.1. The summed E-state index contributed by atoms with van der Waals surface area (Å²) >= 11 is 1.67. The lowest BCUT2D eigenvalue weighted by molar-refractivity contribution is 0.415. The van der Waals surface area contributed by atoms with E-state index in [2.05, 4.69) is 72.3 Å². The molecule has 0 unspecified atom stereocenters. The minimum Gasteiger partial charge on any atom is -0.497 e. The highest BCUT2D eigenvalue weighted by atomic mass is 32.1. The highest BCUT2D eigenvalue weighted by Gasteiger charge is 2.09. The highest BCUT2D eigenvalue weighted by molar-refractivity contribution is 7.07. The number of ether oxygens (including phenoxy) is 1. The van der Waals surface area contributed by atoms with Crippen molar-refractivity contribution in [3.63, 3.8) is 0 Å². The Hall–Kier alpha value is -3.11. The molecular weight excluding hydrogens is 376 g/mol. The van der Waals surface area contributed by atoms with Gasteiger partial charge in [-0.2, -0.15) is 0 Å². The van der Waals surface area contributed by atoms with E-state index in [0.29, 0.717) is 0 Å². The molecule has 4 rings (SSSR count). The first kappa shape index (κ1) is 19.2. The van der Waals surface area contributed by atoms with Gasteiger partial charge in [0.05, 0.1) is 25.0 Å². The number of hydrogen-bond acceptors (Lipinski definition) is 3. The van der Waals surface area contributed by atoms with Crippen LogP contribution in [0.5, 0.6) is 5.75 Å². The Morgan fingerprint density at radius 3 is 2.07 bits per heavy atom. The van der Waals surface area contributed by atoms with Gasteiger partial charge in [-0.25, -0.2) is 4.99 Å². The summed E-state index contributed by atoms with van der Waals surface area (Å²) in [5.74, 6) is 0.836. The lowest BCUT2D eigenvalue weighted by Crippen LogP contribution is -2.16. The first-order valence-corrected chi connectivity index (χ1v) is 10.5. The largest absolute Gasteiger partial charge is 0.497 e. The molecule has 0 fully saturated rings. The number of nitrogens with zero attached hydrogens (tertiary/aromatic N) is 2. The third kappa shape index (κ3) is 4.49. The molecule has 0 spiro atoms. The van der Waals surface area contributed by atoms with Crippen LogP contribution in [0.15, 0.2) is 83.2 Å². The molecule has 0 amide bonds. The summed E-state index contributed by atoms with van der Waals surface area (Å²) < 4.78 is 7.55. The van der Waals surface area contributed by atoms with E-state index in [4.69, 9.17) is 9.73 Å². The molecule has 3 nitrogen and oxygen atoms in total.